The van der Waals surface area contributed by atoms with Crippen LogP contribution in [-0.2, 0) is 17.9 Å². The van der Waals surface area contributed by atoms with E-state index in [1.54, 1.807) is 18.4 Å². The van der Waals surface area contributed by atoms with E-state index >= 15 is 0 Å². The molecule has 0 saturated carbocycles. The van der Waals surface area contributed by atoms with Crippen molar-refractivity contribution in [3.8, 4) is 5.75 Å². The maximum atomic E-state index is 5.74. The van der Waals surface area contributed by atoms with Gasteiger partial charge in [0.1, 0.15) is 10.8 Å². The molecule has 2 rings (SSSR count). The lowest BCUT2D eigenvalue weighted by Gasteiger charge is -2.11. The van der Waals surface area contributed by atoms with Crippen molar-refractivity contribution in [2.45, 2.75) is 46.3 Å². The highest BCUT2D eigenvalue weighted by molar-refractivity contribution is 7.09. The van der Waals surface area contributed by atoms with E-state index in [1.165, 1.54) is 0 Å². The quantitative estimate of drug-likeness (QED) is 0.337. The first-order valence-corrected chi connectivity index (χ1v) is 10.7. The molecule has 1 aromatic heterocycles. The van der Waals surface area contributed by atoms with E-state index in [9.17, 15) is 0 Å². The maximum Gasteiger partial charge on any atom is 0.191 e. The molecule has 0 atom stereocenters. The highest BCUT2D eigenvalue weighted by atomic mass is 32.1. The minimum absolute atomic E-state index is 0.457. The third-order valence-corrected chi connectivity index (χ3v) is 4.92. The van der Waals surface area contributed by atoms with Crippen LogP contribution in [0.1, 0.15) is 49.4 Å². The first-order chi connectivity index (χ1) is 13.6. The number of nitrogens with zero attached hydrogens (tertiary/aromatic N) is 2. The van der Waals surface area contributed by atoms with Crippen molar-refractivity contribution in [2.75, 3.05) is 26.8 Å². The summed E-state index contributed by atoms with van der Waals surface area (Å²) in [4.78, 5) is 9.26. The van der Waals surface area contributed by atoms with Gasteiger partial charge in [0, 0.05) is 25.1 Å². The predicted molar refractivity (Wildman–Crippen MR) is 116 cm³/mol. The minimum Gasteiger partial charge on any atom is -0.497 e. The molecule has 0 aliphatic rings. The maximum absolute atomic E-state index is 5.74. The molecule has 2 N–H and O–H groups in total. The number of rotatable bonds is 11. The molecular formula is C21H32N4O2S. The van der Waals surface area contributed by atoms with Gasteiger partial charge in [0.2, 0.25) is 0 Å². The van der Waals surface area contributed by atoms with Gasteiger partial charge in [-0.3, -0.25) is 0 Å². The summed E-state index contributed by atoms with van der Waals surface area (Å²) in [5.41, 5.74) is 2.29. The van der Waals surface area contributed by atoms with Crippen LogP contribution in [0.2, 0.25) is 0 Å². The van der Waals surface area contributed by atoms with Gasteiger partial charge in [0.15, 0.2) is 5.96 Å². The monoisotopic (exact) mass is 404 g/mol. The summed E-state index contributed by atoms with van der Waals surface area (Å²) in [5, 5.41) is 9.79. The highest BCUT2D eigenvalue weighted by Crippen LogP contribution is 2.18. The van der Waals surface area contributed by atoms with Crippen LogP contribution < -0.4 is 15.4 Å². The fraction of sp³-hybridized carbons (Fsp3) is 0.524. The largest absolute Gasteiger partial charge is 0.497 e. The number of hydrogen-bond acceptors (Lipinski definition) is 5. The molecule has 7 heteroatoms. The number of benzene rings is 1. The van der Waals surface area contributed by atoms with Gasteiger partial charge in [-0.2, -0.15) is 0 Å². The SMILES string of the molecule is CCNC(=NCc1nc(C(C)C)cs1)NCCCOCc1ccc(OC)cc1. The molecule has 1 aromatic carbocycles. The van der Waals surface area contributed by atoms with Crippen LogP contribution in [0, 0.1) is 0 Å². The van der Waals surface area contributed by atoms with Crippen molar-refractivity contribution >= 4 is 17.3 Å². The Bertz CT molecular complexity index is 713. The van der Waals surface area contributed by atoms with Gasteiger partial charge in [-0.25, -0.2) is 9.98 Å². The summed E-state index contributed by atoms with van der Waals surface area (Å²) < 4.78 is 10.9. The Hall–Kier alpha value is -2.12. The fourth-order valence-corrected chi connectivity index (χ4v) is 3.32. The van der Waals surface area contributed by atoms with Crippen LogP contribution in [0.15, 0.2) is 34.6 Å². The van der Waals surface area contributed by atoms with Gasteiger partial charge < -0.3 is 20.1 Å². The number of thiazole rings is 1. The van der Waals surface area contributed by atoms with E-state index in [-0.39, 0.29) is 0 Å². The number of guanidine groups is 1. The Balaban J connectivity index is 1.67. The Kier molecular flexibility index (Phi) is 9.79. The molecule has 0 aliphatic heterocycles. The van der Waals surface area contributed by atoms with Crippen molar-refractivity contribution in [2.24, 2.45) is 4.99 Å². The van der Waals surface area contributed by atoms with Crippen LogP contribution in [0.4, 0.5) is 0 Å². The Labute approximate surface area is 172 Å². The molecule has 0 bridgehead atoms. The van der Waals surface area contributed by atoms with Crippen molar-refractivity contribution in [1.29, 1.82) is 0 Å². The lowest BCUT2D eigenvalue weighted by molar-refractivity contribution is 0.119. The standard InChI is InChI=1S/C21H32N4O2S/c1-5-22-21(24-13-20-25-19(15-28-20)16(2)3)23-11-6-12-27-14-17-7-9-18(26-4)10-8-17/h7-10,15-16H,5-6,11-14H2,1-4H3,(H2,22,23,24). The molecule has 0 fully saturated rings. The number of nitrogens with one attached hydrogen (secondary N) is 2. The van der Waals surface area contributed by atoms with E-state index in [0.29, 0.717) is 25.7 Å². The first kappa shape index (κ1) is 22.2. The molecule has 0 unspecified atom stereocenters. The molecule has 0 spiro atoms. The van der Waals surface area contributed by atoms with Gasteiger partial charge in [0.25, 0.3) is 0 Å². The molecular weight excluding hydrogens is 372 g/mol. The van der Waals surface area contributed by atoms with Gasteiger partial charge in [-0.1, -0.05) is 26.0 Å². The van der Waals surface area contributed by atoms with Crippen LogP contribution in [0.25, 0.3) is 0 Å². The lowest BCUT2D eigenvalue weighted by Crippen LogP contribution is -2.38. The molecule has 0 aliphatic carbocycles. The molecule has 0 amide bonds. The van der Waals surface area contributed by atoms with Gasteiger partial charge in [-0.15, -0.1) is 11.3 Å². The van der Waals surface area contributed by atoms with Crippen molar-refractivity contribution in [1.82, 2.24) is 15.6 Å². The summed E-state index contributed by atoms with van der Waals surface area (Å²) in [6.07, 6.45) is 0.912. The lowest BCUT2D eigenvalue weighted by atomic mass is 10.2. The Morgan fingerprint density at radius 3 is 2.64 bits per heavy atom. The van der Waals surface area contributed by atoms with Crippen molar-refractivity contribution in [3.05, 3.63) is 45.9 Å². The van der Waals surface area contributed by atoms with Gasteiger partial charge in [-0.05, 0) is 37.0 Å². The van der Waals surface area contributed by atoms with Crippen LogP contribution >= 0.6 is 11.3 Å². The van der Waals surface area contributed by atoms with Crippen LogP contribution in [0.3, 0.4) is 0 Å². The molecule has 0 saturated heterocycles. The van der Waals surface area contributed by atoms with Gasteiger partial charge in [0.05, 0.1) is 26.0 Å². The molecule has 0 radical (unpaired) electrons. The first-order valence-electron chi connectivity index (χ1n) is 9.79. The number of hydrogen-bond donors (Lipinski definition) is 2. The molecule has 6 nitrogen and oxygen atoms in total. The second kappa shape index (κ2) is 12.4. The summed E-state index contributed by atoms with van der Waals surface area (Å²) >= 11 is 1.67. The Morgan fingerprint density at radius 2 is 2.00 bits per heavy atom. The van der Waals surface area contributed by atoms with Crippen LogP contribution in [0.5, 0.6) is 5.75 Å². The van der Waals surface area contributed by atoms with E-state index < -0.39 is 0 Å². The smallest absolute Gasteiger partial charge is 0.191 e. The van der Waals surface area contributed by atoms with E-state index in [4.69, 9.17) is 9.47 Å². The molecule has 154 valence electrons. The predicted octanol–water partition coefficient (Wildman–Crippen LogP) is 3.94. The van der Waals surface area contributed by atoms with E-state index in [1.807, 2.05) is 24.3 Å². The Morgan fingerprint density at radius 1 is 1.21 bits per heavy atom. The highest BCUT2D eigenvalue weighted by Gasteiger charge is 2.05. The molecule has 1 heterocycles. The van der Waals surface area contributed by atoms with Crippen LogP contribution in [-0.4, -0.2) is 37.7 Å². The number of methoxy groups -OCH3 is 1. The number of ether oxygens (including phenoxy) is 2. The van der Waals surface area contributed by atoms with Crippen molar-refractivity contribution < 1.29 is 9.47 Å². The summed E-state index contributed by atoms with van der Waals surface area (Å²) in [6.45, 7) is 9.92. The van der Waals surface area contributed by atoms with E-state index in [2.05, 4.69) is 46.8 Å². The third kappa shape index (κ3) is 7.86. The molecule has 2 aromatic rings. The summed E-state index contributed by atoms with van der Waals surface area (Å²) in [5.74, 6) is 2.14. The van der Waals surface area contributed by atoms with Gasteiger partial charge >= 0.3 is 0 Å². The third-order valence-electron chi connectivity index (χ3n) is 4.06. The number of aromatic nitrogens is 1. The van der Waals surface area contributed by atoms with Crippen molar-refractivity contribution in [3.63, 3.8) is 0 Å². The fourth-order valence-electron chi connectivity index (χ4n) is 2.44. The molecule has 28 heavy (non-hydrogen) atoms. The zero-order valence-electron chi connectivity index (χ0n) is 17.3. The normalized spacial score (nSPS) is 11.7. The minimum atomic E-state index is 0.457. The zero-order chi connectivity index (χ0) is 20.2. The summed E-state index contributed by atoms with van der Waals surface area (Å²) in [7, 11) is 1.67. The zero-order valence-corrected chi connectivity index (χ0v) is 18.1. The second-order valence-electron chi connectivity index (χ2n) is 6.70. The average Bonchev–Trinajstić information content (AvgIpc) is 3.18. The average molecular weight is 405 g/mol. The second-order valence-corrected chi connectivity index (χ2v) is 7.64. The van der Waals surface area contributed by atoms with E-state index in [0.717, 1.165) is 47.5 Å². The number of aliphatic imine (C=N–C) groups is 1. The topological polar surface area (TPSA) is 67.8 Å². The summed E-state index contributed by atoms with van der Waals surface area (Å²) in [6, 6.07) is 7.95.